The van der Waals surface area contributed by atoms with Gasteiger partial charge in [-0.15, -0.1) is 10.2 Å². The number of carbonyl (C=O) groups is 2. The molecule has 1 aromatic carbocycles. The Hall–Kier alpha value is -2.59. The predicted octanol–water partition coefficient (Wildman–Crippen LogP) is 1.95. The highest BCUT2D eigenvalue weighted by molar-refractivity contribution is 7.14. The van der Waals surface area contributed by atoms with Crippen molar-refractivity contribution in [2.24, 2.45) is 0 Å². The fourth-order valence-electron chi connectivity index (χ4n) is 2.49. The first-order chi connectivity index (χ1) is 12.5. The summed E-state index contributed by atoms with van der Waals surface area (Å²) in [5.74, 6) is -0.722. The molecular formula is C16H17FN4O4S. The Kier molecular flexibility index (Phi) is 5.43. The van der Waals surface area contributed by atoms with E-state index in [4.69, 9.17) is 9.47 Å². The number of hydrogen-bond acceptors (Lipinski definition) is 7. The fraction of sp³-hybridized carbons (Fsp3) is 0.375. The van der Waals surface area contributed by atoms with Gasteiger partial charge < -0.3 is 14.8 Å². The van der Waals surface area contributed by atoms with Gasteiger partial charge in [0.25, 0.3) is 0 Å². The van der Waals surface area contributed by atoms with Gasteiger partial charge in [0.2, 0.25) is 5.91 Å². The number of ether oxygens (including phenoxy) is 2. The molecule has 10 heteroatoms. The average Bonchev–Trinajstić information content (AvgIpc) is 3.20. The van der Waals surface area contributed by atoms with Crippen LogP contribution in [0.1, 0.15) is 11.9 Å². The molecule has 138 valence electrons. The number of nitrogens with one attached hydrogen (secondary N) is 1. The Bertz CT molecular complexity index is 828. The van der Waals surface area contributed by atoms with Crippen molar-refractivity contribution in [3.63, 3.8) is 0 Å². The number of hydrogen-bond donors (Lipinski definition) is 1. The number of halogens is 1. The first-order valence-corrected chi connectivity index (χ1v) is 8.63. The second-order valence-corrected chi connectivity index (χ2v) is 6.71. The predicted molar refractivity (Wildman–Crippen MR) is 92.3 cm³/mol. The molecule has 1 aromatic heterocycles. The van der Waals surface area contributed by atoms with E-state index in [1.165, 1.54) is 29.2 Å². The van der Waals surface area contributed by atoms with Gasteiger partial charge >= 0.3 is 6.09 Å². The Morgan fingerprint density at radius 1 is 1.50 bits per heavy atom. The Labute approximate surface area is 152 Å². The molecule has 0 radical (unpaired) electrons. The summed E-state index contributed by atoms with van der Waals surface area (Å²) in [6.07, 6.45) is -1.06. The summed E-state index contributed by atoms with van der Waals surface area (Å²) in [5, 5.41) is 11.6. The van der Waals surface area contributed by atoms with Crippen molar-refractivity contribution in [2.45, 2.75) is 19.6 Å². The third kappa shape index (κ3) is 3.97. The molecule has 26 heavy (non-hydrogen) atoms. The molecule has 1 saturated heterocycles. The molecule has 8 nitrogen and oxygen atoms in total. The lowest BCUT2D eigenvalue weighted by atomic mass is 10.2. The first-order valence-electron chi connectivity index (χ1n) is 7.81. The number of benzene rings is 1. The lowest BCUT2D eigenvalue weighted by Gasteiger charge is -2.14. The number of amides is 2. The largest absolute Gasteiger partial charge is 0.442 e. The van der Waals surface area contributed by atoms with Crippen molar-refractivity contribution in [1.29, 1.82) is 0 Å². The highest BCUT2D eigenvalue weighted by Gasteiger charge is 2.32. The summed E-state index contributed by atoms with van der Waals surface area (Å²) in [6, 6.07) is 4.43. The lowest BCUT2D eigenvalue weighted by Crippen LogP contribution is -2.33. The van der Waals surface area contributed by atoms with Crippen LogP contribution in [0.15, 0.2) is 18.2 Å². The molecular weight excluding hydrogens is 363 g/mol. The number of anilines is 1. The van der Waals surface area contributed by atoms with Gasteiger partial charge in [-0.1, -0.05) is 11.3 Å². The minimum Gasteiger partial charge on any atom is -0.442 e. The molecule has 0 bridgehead atoms. The van der Waals surface area contributed by atoms with Gasteiger partial charge in [0.15, 0.2) is 5.01 Å². The summed E-state index contributed by atoms with van der Waals surface area (Å²) in [5.41, 5.74) is 0.680. The zero-order valence-corrected chi connectivity index (χ0v) is 15.0. The van der Waals surface area contributed by atoms with E-state index in [2.05, 4.69) is 15.5 Å². The molecule has 2 amide bonds. The molecule has 2 aromatic rings. The topological polar surface area (TPSA) is 93.7 Å². The van der Waals surface area contributed by atoms with Gasteiger partial charge in [-0.05, 0) is 18.2 Å². The molecule has 3 rings (SSSR count). The molecule has 0 aliphatic carbocycles. The van der Waals surface area contributed by atoms with Gasteiger partial charge in [-0.25, -0.2) is 9.18 Å². The van der Waals surface area contributed by atoms with Crippen LogP contribution < -0.4 is 10.2 Å². The van der Waals surface area contributed by atoms with E-state index in [1.807, 2.05) is 0 Å². The Balaban J connectivity index is 1.74. The number of nitrogens with zero attached hydrogens (tertiary/aromatic N) is 3. The number of cyclic esters (lactones) is 1. The van der Waals surface area contributed by atoms with Gasteiger partial charge in [0.05, 0.1) is 25.4 Å². The zero-order valence-electron chi connectivity index (χ0n) is 14.2. The van der Waals surface area contributed by atoms with E-state index >= 15 is 0 Å². The highest BCUT2D eigenvalue weighted by atomic mass is 32.1. The van der Waals surface area contributed by atoms with E-state index in [1.54, 1.807) is 19.2 Å². The minimum absolute atomic E-state index is 0.209. The maximum atomic E-state index is 14.5. The van der Waals surface area contributed by atoms with Gasteiger partial charge in [0, 0.05) is 19.6 Å². The third-order valence-corrected chi connectivity index (χ3v) is 4.61. The maximum Gasteiger partial charge on any atom is 0.414 e. The Morgan fingerprint density at radius 3 is 3.00 bits per heavy atom. The molecule has 0 saturated carbocycles. The molecule has 1 atom stereocenters. The minimum atomic E-state index is -0.578. The first kappa shape index (κ1) is 18.2. The van der Waals surface area contributed by atoms with Crippen molar-refractivity contribution in [2.75, 3.05) is 25.1 Å². The monoisotopic (exact) mass is 380 g/mol. The second-order valence-electron chi connectivity index (χ2n) is 5.65. The number of carbonyl (C=O) groups excluding carboxylic acids is 2. The van der Waals surface area contributed by atoms with E-state index in [-0.39, 0.29) is 19.0 Å². The summed E-state index contributed by atoms with van der Waals surface area (Å²) in [7, 11) is 1.55. The van der Waals surface area contributed by atoms with E-state index in [0.717, 1.165) is 0 Å². The molecule has 1 aliphatic rings. The van der Waals surface area contributed by atoms with Gasteiger partial charge in [-0.2, -0.15) is 0 Å². The molecule has 0 spiro atoms. The van der Waals surface area contributed by atoms with Crippen LogP contribution >= 0.6 is 11.3 Å². The van der Waals surface area contributed by atoms with Crippen molar-refractivity contribution in [3.8, 4) is 10.6 Å². The van der Waals surface area contributed by atoms with Gasteiger partial charge in [-0.3, -0.25) is 9.69 Å². The SMILES string of the molecule is COCc1nnc(-c2ccc(N3C[C@H](CNC(C)=O)OC3=O)cc2F)s1. The normalized spacial score (nSPS) is 16.7. The standard InChI is InChI=1S/C16H17FN4O4S/c1-9(22)18-6-11-7-21(16(23)25-11)10-3-4-12(13(17)5-10)15-20-19-14(26-15)8-24-2/h3-5,11H,6-8H2,1-2H3,(H,18,22)/t11-/m0/s1. The second kappa shape index (κ2) is 7.75. The Morgan fingerprint density at radius 2 is 2.31 bits per heavy atom. The van der Waals surface area contributed by atoms with Crippen molar-refractivity contribution in [1.82, 2.24) is 15.5 Å². The van der Waals surface area contributed by atoms with Crippen LogP contribution in [0.4, 0.5) is 14.9 Å². The van der Waals surface area contributed by atoms with E-state index < -0.39 is 18.0 Å². The summed E-state index contributed by atoms with van der Waals surface area (Å²) in [4.78, 5) is 24.3. The number of methoxy groups -OCH3 is 1. The smallest absolute Gasteiger partial charge is 0.414 e. The zero-order chi connectivity index (χ0) is 18.7. The highest BCUT2D eigenvalue weighted by Crippen LogP contribution is 2.30. The van der Waals surface area contributed by atoms with E-state index in [9.17, 15) is 14.0 Å². The number of aromatic nitrogens is 2. The summed E-state index contributed by atoms with van der Waals surface area (Å²) >= 11 is 1.24. The maximum absolute atomic E-state index is 14.5. The summed E-state index contributed by atoms with van der Waals surface area (Å²) < 4.78 is 24.7. The van der Waals surface area contributed by atoms with Gasteiger partial charge in [0.1, 0.15) is 16.9 Å². The quantitative estimate of drug-likeness (QED) is 0.823. The number of rotatable bonds is 6. The van der Waals surface area contributed by atoms with Crippen LogP contribution in [-0.2, 0) is 20.9 Å². The molecule has 2 heterocycles. The van der Waals surface area contributed by atoms with Crippen molar-refractivity contribution < 1.29 is 23.5 Å². The van der Waals surface area contributed by atoms with Crippen LogP contribution in [-0.4, -0.2) is 48.5 Å². The fourth-order valence-corrected chi connectivity index (χ4v) is 3.32. The van der Waals surface area contributed by atoms with Crippen molar-refractivity contribution in [3.05, 3.63) is 29.0 Å². The van der Waals surface area contributed by atoms with Crippen LogP contribution in [0.25, 0.3) is 10.6 Å². The molecule has 1 N–H and O–H groups in total. The third-order valence-electron chi connectivity index (χ3n) is 3.68. The van der Waals surface area contributed by atoms with Crippen LogP contribution in [0.5, 0.6) is 0 Å². The average molecular weight is 380 g/mol. The van der Waals surface area contributed by atoms with E-state index in [0.29, 0.717) is 27.9 Å². The van der Waals surface area contributed by atoms with Crippen LogP contribution in [0.2, 0.25) is 0 Å². The van der Waals surface area contributed by atoms with Crippen LogP contribution in [0, 0.1) is 5.82 Å². The molecule has 1 aliphatic heterocycles. The lowest BCUT2D eigenvalue weighted by molar-refractivity contribution is -0.119. The molecule has 1 fully saturated rings. The summed E-state index contributed by atoms with van der Waals surface area (Å²) in [6.45, 7) is 2.14. The molecule has 0 unspecified atom stereocenters. The van der Waals surface area contributed by atoms with Crippen LogP contribution in [0.3, 0.4) is 0 Å². The van der Waals surface area contributed by atoms with Crippen molar-refractivity contribution >= 4 is 29.0 Å².